The Morgan fingerprint density at radius 3 is 2.96 bits per heavy atom. The van der Waals surface area contributed by atoms with E-state index >= 15 is 0 Å². The third-order valence-electron chi connectivity index (χ3n) is 3.05. The van der Waals surface area contributed by atoms with E-state index in [0.29, 0.717) is 16.9 Å². The molecule has 3 rings (SSSR count). The molecule has 2 aromatic heterocycles. The van der Waals surface area contributed by atoms with Gasteiger partial charge in [-0.05, 0) is 30.3 Å². The van der Waals surface area contributed by atoms with Gasteiger partial charge in [0.1, 0.15) is 5.01 Å². The van der Waals surface area contributed by atoms with Crippen LogP contribution >= 0.6 is 11.3 Å². The minimum absolute atomic E-state index is 0.169. The topological polar surface area (TPSA) is 78.7 Å². The van der Waals surface area contributed by atoms with Crippen molar-refractivity contribution in [1.29, 1.82) is 5.26 Å². The highest BCUT2D eigenvalue weighted by molar-refractivity contribution is 7.13. The quantitative estimate of drug-likeness (QED) is 0.800. The number of nitrogens with one attached hydrogen (secondary N) is 1. The lowest BCUT2D eigenvalue weighted by Gasteiger charge is -2.04. The number of hydrogen-bond acceptors (Lipinski definition) is 5. The zero-order chi connectivity index (χ0) is 16.1. The summed E-state index contributed by atoms with van der Waals surface area (Å²) < 4.78 is 0. The van der Waals surface area contributed by atoms with E-state index in [1.807, 2.05) is 29.6 Å². The van der Waals surface area contributed by atoms with Crippen LogP contribution in [0.2, 0.25) is 0 Å². The Labute approximate surface area is 137 Å². The van der Waals surface area contributed by atoms with Crippen LogP contribution in [0.25, 0.3) is 10.7 Å². The fourth-order valence-electron chi connectivity index (χ4n) is 2.03. The average molecular weight is 320 g/mol. The maximum Gasteiger partial charge on any atom is 0.230 e. The number of hydrogen-bond donors (Lipinski definition) is 1. The fraction of sp³-hybridized carbons (Fsp3) is 0.0588. The molecular formula is C17H12N4OS. The molecule has 1 aromatic carbocycles. The van der Waals surface area contributed by atoms with Gasteiger partial charge in [-0.15, -0.1) is 11.3 Å². The van der Waals surface area contributed by atoms with Crippen molar-refractivity contribution >= 4 is 22.9 Å². The molecule has 0 radical (unpaired) electrons. The van der Waals surface area contributed by atoms with Crippen molar-refractivity contribution in [3.63, 3.8) is 0 Å². The maximum atomic E-state index is 12.1. The number of amides is 1. The number of pyridine rings is 1. The number of carbonyl (C=O) groups excluding carboxylic acids is 1. The molecule has 1 N–H and O–H groups in total. The van der Waals surface area contributed by atoms with Crippen LogP contribution in [-0.2, 0) is 11.2 Å². The summed E-state index contributed by atoms with van der Waals surface area (Å²) in [6, 6.07) is 14.5. The van der Waals surface area contributed by atoms with Gasteiger partial charge in [0.25, 0.3) is 0 Å². The highest BCUT2D eigenvalue weighted by Crippen LogP contribution is 2.21. The van der Waals surface area contributed by atoms with Crippen molar-refractivity contribution in [3.05, 3.63) is 65.3 Å². The lowest BCUT2D eigenvalue weighted by molar-refractivity contribution is -0.115. The van der Waals surface area contributed by atoms with Crippen molar-refractivity contribution in [3.8, 4) is 16.8 Å². The van der Waals surface area contributed by atoms with Crippen LogP contribution < -0.4 is 5.32 Å². The first-order chi connectivity index (χ1) is 11.2. The molecule has 0 saturated heterocycles. The molecule has 2 heterocycles. The van der Waals surface area contributed by atoms with Gasteiger partial charge in [0.2, 0.25) is 5.91 Å². The summed E-state index contributed by atoms with van der Waals surface area (Å²) in [5.74, 6) is -0.169. The Kier molecular flexibility index (Phi) is 4.41. The van der Waals surface area contributed by atoms with Gasteiger partial charge < -0.3 is 5.32 Å². The van der Waals surface area contributed by atoms with Gasteiger partial charge in [-0.25, -0.2) is 4.98 Å². The van der Waals surface area contributed by atoms with E-state index in [1.54, 1.807) is 30.5 Å². The maximum absolute atomic E-state index is 12.1. The van der Waals surface area contributed by atoms with Crippen molar-refractivity contribution in [2.45, 2.75) is 6.42 Å². The van der Waals surface area contributed by atoms with E-state index < -0.39 is 0 Å². The highest BCUT2D eigenvalue weighted by atomic mass is 32.1. The zero-order valence-corrected chi connectivity index (χ0v) is 12.9. The molecule has 0 spiro atoms. The number of nitrogens with zero attached hydrogens (tertiary/aromatic N) is 3. The third-order valence-corrected chi connectivity index (χ3v) is 3.97. The molecule has 0 aliphatic rings. The third kappa shape index (κ3) is 3.78. The normalized spacial score (nSPS) is 10.0. The summed E-state index contributed by atoms with van der Waals surface area (Å²) in [6.07, 6.45) is 1.89. The van der Waals surface area contributed by atoms with Crippen LogP contribution in [0, 0.1) is 11.3 Å². The minimum Gasteiger partial charge on any atom is -0.326 e. The second kappa shape index (κ2) is 6.81. The molecule has 6 heteroatoms. The van der Waals surface area contributed by atoms with E-state index in [4.69, 9.17) is 5.26 Å². The minimum atomic E-state index is -0.169. The van der Waals surface area contributed by atoms with E-state index in [-0.39, 0.29) is 12.3 Å². The summed E-state index contributed by atoms with van der Waals surface area (Å²) in [7, 11) is 0. The SMILES string of the molecule is N#Cc1cccc(NC(=O)Cc2csc(-c3ccccn3)n2)c1. The number of rotatable bonds is 4. The molecule has 112 valence electrons. The van der Waals surface area contributed by atoms with Gasteiger partial charge in [0.05, 0.1) is 29.4 Å². The molecule has 0 bridgehead atoms. The number of benzene rings is 1. The number of nitriles is 1. The lowest BCUT2D eigenvalue weighted by Crippen LogP contribution is -2.14. The van der Waals surface area contributed by atoms with Gasteiger partial charge in [-0.1, -0.05) is 12.1 Å². The number of thiazole rings is 1. The molecule has 1 amide bonds. The Morgan fingerprint density at radius 2 is 2.17 bits per heavy atom. The van der Waals surface area contributed by atoms with Crippen LogP contribution in [0.5, 0.6) is 0 Å². The number of carbonyl (C=O) groups is 1. The molecule has 0 saturated carbocycles. The Morgan fingerprint density at radius 1 is 1.26 bits per heavy atom. The van der Waals surface area contributed by atoms with Crippen LogP contribution in [0.1, 0.15) is 11.3 Å². The van der Waals surface area contributed by atoms with Crippen LogP contribution in [-0.4, -0.2) is 15.9 Å². The van der Waals surface area contributed by atoms with E-state index in [9.17, 15) is 4.79 Å². The summed E-state index contributed by atoms with van der Waals surface area (Å²) in [5, 5.41) is 14.3. The molecule has 23 heavy (non-hydrogen) atoms. The van der Waals surface area contributed by atoms with Gasteiger partial charge >= 0.3 is 0 Å². The molecule has 0 unspecified atom stereocenters. The molecule has 5 nitrogen and oxygen atoms in total. The van der Waals surface area contributed by atoms with Gasteiger partial charge in [0.15, 0.2) is 0 Å². The van der Waals surface area contributed by atoms with Crippen molar-refractivity contribution in [2.75, 3.05) is 5.32 Å². The van der Waals surface area contributed by atoms with Crippen LogP contribution in [0.15, 0.2) is 54.0 Å². The first kappa shape index (κ1) is 14.9. The smallest absolute Gasteiger partial charge is 0.230 e. The Hall–Kier alpha value is -3.04. The van der Waals surface area contributed by atoms with E-state index in [0.717, 1.165) is 10.7 Å². The summed E-state index contributed by atoms with van der Waals surface area (Å²) >= 11 is 1.46. The molecular weight excluding hydrogens is 308 g/mol. The molecule has 0 aliphatic carbocycles. The van der Waals surface area contributed by atoms with Gasteiger partial charge in [-0.2, -0.15) is 5.26 Å². The summed E-state index contributed by atoms with van der Waals surface area (Å²) in [4.78, 5) is 20.8. The Bertz CT molecular complexity index is 868. The zero-order valence-electron chi connectivity index (χ0n) is 12.1. The van der Waals surface area contributed by atoms with Crippen molar-refractivity contribution in [1.82, 2.24) is 9.97 Å². The van der Waals surface area contributed by atoms with E-state index in [1.165, 1.54) is 11.3 Å². The molecule has 3 aromatic rings. The van der Waals surface area contributed by atoms with E-state index in [2.05, 4.69) is 15.3 Å². The largest absolute Gasteiger partial charge is 0.326 e. The standard InChI is InChI=1S/C17H12N4OS/c18-10-12-4-3-5-13(8-12)20-16(22)9-14-11-23-17(21-14)15-6-1-2-7-19-15/h1-8,11H,9H2,(H,20,22). The second-order valence-corrected chi connectivity index (χ2v) is 5.63. The summed E-state index contributed by atoms with van der Waals surface area (Å²) in [6.45, 7) is 0. The Balaban J connectivity index is 1.67. The highest BCUT2D eigenvalue weighted by Gasteiger charge is 2.10. The second-order valence-electron chi connectivity index (χ2n) is 4.78. The summed E-state index contributed by atoms with van der Waals surface area (Å²) in [5.41, 5.74) is 2.61. The first-order valence-corrected chi connectivity index (χ1v) is 7.78. The first-order valence-electron chi connectivity index (χ1n) is 6.90. The fourth-order valence-corrected chi connectivity index (χ4v) is 2.83. The molecule has 0 aliphatic heterocycles. The lowest BCUT2D eigenvalue weighted by atomic mass is 10.2. The monoisotopic (exact) mass is 320 g/mol. The molecule has 0 atom stereocenters. The van der Waals surface area contributed by atoms with Crippen molar-refractivity contribution in [2.24, 2.45) is 0 Å². The number of aromatic nitrogens is 2. The van der Waals surface area contributed by atoms with Crippen LogP contribution in [0.4, 0.5) is 5.69 Å². The average Bonchev–Trinajstić information content (AvgIpc) is 3.04. The molecule has 0 fully saturated rings. The van der Waals surface area contributed by atoms with Gasteiger partial charge in [-0.3, -0.25) is 9.78 Å². The predicted octanol–water partition coefficient (Wildman–Crippen LogP) is 3.26. The van der Waals surface area contributed by atoms with Gasteiger partial charge in [0, 0.05) is 17.3 Å². The van der Waals surface area contributed by atoms with Crippen molar-refractivity contribution < 1.29 is 4.79 Å². The number of anilines is 1. The van der Waals surface area contributed by atoms with Crippen LogP contribution in [0.3, 0.4) is 0 Å². The predicted molar refractivity (Wildman–Crippen MR) is 88.8 cm³/mol.